The van der Waals surface area contributed by atoms with Gasteiger partial charge in [0, 0.05) is 0 Å². The number of fused-ring (bicyclic) bond motifs is 3. The molecule has 0 aliphatic carbocycles. The number of aliphatic hydroxyl groups excluding tert-OH is 1. The van der Waals surface area contributed by atoms with Crippen LogP contribution in [0.4, 0.5) is 0 Å². The van der Waals surface area contributed by atoms with Gasteiger partial charge in [0.15, 0.2) is 17.9 Å². The van der Waals surface area contributed by atoms with Gasteiger partial charge in [0.1, 0.15) is 30.5 Å². The van der Waals surface area contributed by atoms with Crippen molar-refractivity contribution in [1.82, 2.24) is 0 Å². The lowest BCUT2D eigenvalue weighted by Gasteiger charge is -2.39. The molecule has 7 heteroatoms. The molecule has 3 heterocycles. The average molecular weight is 330 g/mol. The Hall–Kier alpha value is -0.540. The molecule has 0 radical (unpaired) electrons. The first kappa shape index (κ1) is 17.3. The summed E-state index contributed by atoms with van der Waals surface area (Å²) < 4.78 is 34.9. The molecule has 0 aromatic rings. The minimum Gasteiger partial charge on any atom is -0.388 e. The lowest BCUT2D eigenvalue weighted by molar-refractivity contribution is -0.256. The average Bonchev–Trinajstić information content (AvgIpc) is 2.92. The van der Waals surface area contributed by atoms with Crippen LogP contribution in [-0.4, -0.2) is 66.7 Å². The van der Waals surface area contributed by atoms with Crippen LogP contribution >= 0.6 is 0 Å². The van der Waals surface area contributed by atoms with E-state index < -0.39 is 42.3 Å². The first-order valence-electron chi connectivity index (χ1n) is 7.96. The summed E-state index contributed by atoms with van der Waals surface area (Å²) >= 11 is 0. The number of ether oxygens (including phenoxy) is 6. The van der Waals surface area contributed by atoms with Crippen molar-refractivity contribution in [2.24, 2.45) is 0 Å². The van der Waals surface area contributed by atoms with Crippen molar-refractivity contribution in [1.29, 1.82) is 0 Å². The monoisotopic (exact) mass is 330 g/mol. The van der Waals surface area contributed by atoms with Crippen molar-refractivity contribution in [3.8, 4) is 0 Å². The number of hydrogen-bond acceptors (Lipinski definition) is 7. The highest BCUT2D eigenvalue weighted by molar-refractivity contribution is 5.01. The molecule has 132 valence electrons. The van der Waals surface area contributed by atoms with E-state index in [4.69, 9.17) is 28.4 Å². The van der Waals surface area contributed by atoms with Gasteiger partial charge in [-0.3, -0.25) is 0 Å². The molecule has 0 saturated carbocycles. The molecule has 6 atom stereocenters. The topological polar surface area (TPSA) is 75.6 Å². The first-order valence-corrected chi connectivity index (χ1v) is 7.96. The van der Waals surface area contributed by atoms with Gasteiger partial charge in [0.2, 0.25) is 0 Å². The predicted molar refractivity (Wildman–Crippen MR) is 79.5 cm³/mol. The Morgan fingerprint density at radius 2 is 1.65 bits per heavy atom. The second kappa shape index (κ2) is 6.07. The van der Waals surface area contributed by atoms with E-state index in [-0.39, 0.29) is 12.7 Å². The number of aliphatic hydroxyl groups is 1. The Morgan fingerprint density at radius 3 is 2.35 bits per heavy atom. The van der Waals surface area contributed by atoms with Gasteiger partial charge in [0.25, 0.3) is 0 Å². The maximum atomic E-state index is 10.5. The van der Waals surface area contributed by atoms with E-state index in [0.29, 0.717) is 6.61 Å². The maximum absolute atomic E-state index is 10.5. The highest BCUT2D eigenvalue weighted by Gasteiger charge is 2.61. The third-order valence-electron chi connectivity index (χ3n) is 4.09. The molecule has 3 fully saturated rings. The van der Waals surface area contributed by atoms with Crippen molar-refractivity contribution in [2.45, 2.75) is 76.1 Å². The maximum Gasteiger partial charge on any atom is 0.190 e. The second-order valence-corrected chi connectivity index (χ2v) is 7.03. The molecule has 0 bridgehead atoms. The third-order valence-corrected chi connectivity index (χ3v) is 4.09. The van der Waals surface area contributed by atoms with E-state index in [1.54, 1.807) is 6.08 Å². The first-order chi connectivity index (χ1) is 10.7. The minimum absolute atomic E-state index is 0.116. The normalized spacial score (nSPS) is 42.0. The van der Waals surface area contributed by atoms with Crippen molar-refractivity contribution in [3.05, 3.63) is 12.7 Å². The fraction of sp³-hybridized carbons (Fsp3) is 0.875. The third kappa shape index (κ3) is 3.46. The fourth-order valence-electron chi connectivity index (χ4n) is 3.32. The van der Waals surface area contributed by atoms with Crippen LogP contribution < -0.4 is 0 Å². The number of rotatable bonds is 5. The largest absolute Gasteiger partial charge is 0.388 e. The molecule has 23 heavy (non-hydrogen) atoms. The highest BCUT2D eigenvalue weighted by atomic mass is 16.9. The highest BCUT2D eigenvalue weighted by Crippen LogP contribution is 2.44. The Morgan fingerprint density at radius 1 is 1.04 bits per heavy atom. The molecule has 7 nitrogen and oxygen atoms in total. The van der Waals surface area contributed by atoms with Crippen LogP contribution in [0.25, 0.3) is 0 Å². The molecular formula is C16H26O7. The summed E-state index contributed by atoms with van der Waals surface area (Å²) in [6.45, 7) is 11.4. The van der Waals surface area contributed by atoms with Gasteiger partial charge >= 0.3 is 0 Å². The Kier molecular flexibility index (Phi) is 4.57. The molecule has 0 spiro atoms. The molecule has 0 aromatic carbocycles. The van der Waals surface area contributed by atoms with Crippen LogP contribution in [0.3, 0.4) is 0 Å². The lowest BCUT2D eigenvalue weighted by Crippen LogP contribution is -2.59. The zero-order valence-electron chi connectivity index (χ0n) is 14.1. The quantitative estimate of drug-likeness (QED) is 0.594. The van der Waals surface area contributed by atoms with Gasteiger partial charge in [-0.1, -0.05) is 6.08 Å². The summed E-state index contributed by atoms with van der Waals surface area (Å²) in [7, 11) is 0. The molecule has 3 rings (SSSR count). The van der Waals surface area contributed by atoms with Crippen LogP contribution in [0, 0.1) is 0 Å². The Bertz CT molecular complexity index is 450. The van der Waals surface area contributed by atoms with Crippen molar-refractivity contribution in [3.63, 3.8) is 0 Å². The molecular weight excluding hydrogens is 304 g/mol. The molecule has 0 aromatic heterocycles. The smallest absolute Gasteiger partial charge is 0.190 e. The molecule has 0 amide bonds. The fourth-order valence-corrected chi connectivity index (χ4v) is 3.32. The van der Waals surface area contributed by atoms with E-state index in [9.17, 15) is 5.11 Å². The van der Waals surface area contributed by atoms with Crippen LogP contribution in [-0.2, 0) is 28.4 Å². The Labute approximate surface area is 136 Å². The summed E-state index contributed by atoms with van der Waals surface area (Å²) in [5.74, 6) is -1.54. The van der Waals surface area contributed by atoms with E-state index in [2.05, 4.69) is 6.58 Å². The van der Waals surface area contributed by atoms with E-state index >= 15 is 0 Å². The van der Waals surface area contributed by atoms with Crippen molar-refractivity contribution < 1.29 is 33.5 Å². The van der Waals surface area contributed by atoms with Crippen LogP contribution in [0.2, 0.25) is 0 Å². The van der Waals surface area contributed by atoms with Crippen molar-refractivity contribution >= 4 is 0 Å². The van der Waals surface area contributed by atoms with Crippen LogP contribution in [0.15, 0.2) is 12.7 Å². The molecule has 3 aliphatic rings. The SMILES string of the molecule is C=CCOC[C@H](O)[C@H]1O[C@@H]2OC(C)(C)O[C@@H]2[C@H]2OC(C)(C)O[C@H]21. The lowest BCUT2D eigenvalue weighted by atomic mass is 9.95. The summed E-state index contributed by atoms with van der Waals surface area (Å²) in [6.07, 6.45) is -1.69. The molecule has 3 saturated heterocycles. The summed E-state index contributed by atoms with van der Waals surface area (Å²) in [6, 6.07) is 0. The van der Waals surface area contributed by atoms with E-state index in [1.807, 2.05) is 27.7 Å². The van der Waals surface area contributed by atoms with Gasteiger partial charge < -0.3 is 33.5 Å². The molecule has 0 unspecified atom stereocenters. The zero-order chi connectivity index (χ0) is 16.8. The van der Waals surface area contributed by atoms with Crippen molar-refractivity contribution in [2.75, 3.05) is 13.2 Å². The minimum atomic E-state index is -0.867. The van der Waals surface area contributed by atoms with E-state index in [1.165, 1.54) is 0 Å². The predicted octanol–water partition coefficient (Wildman–Crippen LogP) is 0.946. The standard InChI is InChI=1S/C16H26O7/c1-6-7-18-8-9(17)10-11-12(21-15(2,3)20-11)13-14(19-10)23-16(4,5)22-13/h6,9-14,17H,1,7-8H2,2-5H3/t9-,10+,11-,12-,13+,14+/m0/s1. The summed E-state index contributed by atoms with van der Waals surface area (Å²) in [5, 5.41) is 10.5. The van der Waals surface area contributed by atoms with Gasteiger partial charge in [-0.25, -0.2) is 0 Å². The van der Waals surface area contributed by atoms with Gasteiger partial charge in [-0.15, -0.1) is 6.58 Å². The van der Waals surface area contributed by atoms with Crippen LogP contribution in [0.1, 0.15) is 27.7 Å². The zero-order valence-corrected chi connectivity index (χ0v) is 14.1. The summed E-state index contributed by atoms with van der Waals surface area (Å²) in [5.41, 5.74) is 0. The van der Waals surface area contributed by atoms with Crippen LogP contribution in [0.5, 0.6) is 0 Å². The van der Waals surface area contributed by atoms with Gasteiger partial charge in [-0.05, 0) is 27.7 Å². The number of hydrogen-bond donors (Lipinski definition) is 1. The summed E-state index contributed by atoms with van der Waals surface area (Å²) in [4.78, 5) is 0. The van der Waals surface area contributed by atoms with Gasteiger partial charge in [-0.2, -0.15) is 0 Å². The molecule has 1 N–H and O–H groups in total. The van der Waals surface area contributed by atoms with Gasteiger partial charge in [0.05, 0.1) is 13.2 Å². The Balaban J connectivity index is 1.77. The molecule has 3 aliphatic heterocycles. The second-order valence-electron chi connectivity index (χ2n) is 7.03. The van der Waals surface area contributed by atoms with E-state index in [0.717, 1.165) is 0 Å².